The zero-order chi connectivity index (χ0) is 17.1. The number of benzene rings is 1. The number of ether oxygens (including phenoxy) is 1. The van der Waals surface area contributed by atoms with Gasteiger partial charge in [0.15, 0.2) is 0 Å². The number of hydrogen-bond donors (Lipinski definition) is 1. The van der Waals surface area contributed by atoms with Gasteiger partial charge in [-0.1, -0.05) is 45.4 Å². The fourth-order valence-corrected chi connectivity index (χ4v) is 4.12. The molecular weight excluding hydrogens is 298 g/mol. The Morgan fingerprint density at radius 3 is 2.79 bits per heavy atom. The predicted octanol–water partition coefficient (Wildman–Crippen LogP) is 4.48. The Kier molecular flexibility index (Phi) is 5.62. The summed E-state index contributed by atoms with van der Waals surface area (Å²) in [7, 11) is 0. The molecule has 2 aromatic rings. The molecule has 1 aromatic heterocycles. The number of rotatable bonds is 6. The summed E-state index contributed by atoms with van der Waals surface area (Å²) in [6, 6.07) is 10.4. The van der Waals surface area contributed by atoms with Crippen molar-refractivity contribution in [2.45, 2.75) is 58.8 Å². The molecule has 3 heteroatoms. The normalized spacial score (nSPS) is 26.1. The molecule has 0 saturated heterocycles. The largest absolute Gasteiger partial charge is 0.389 e. The van der Waals surface area contributed by atoms with Crippen molar-refractivity contribution in [2.24, 2.45) is 17.8 Å². The number of aliphatic hydroxyl groups is 1. The highest BCUT2D eigenvalue weighted by atomic mass is 16.5. The molecule has 1 fully saturated rings. The number of aliphatic hydroxyl groups excluding tert-OH is 1. The summed E-state index contributed by atoms with van der Waals surface area (Å²) in [5.74, 6) is 2.00. The van der Waals surface area contributed by atoms with E-state index in [1.54, 1.807) is 0 Å². The molecule has 4 unspecified atom stereocenters. The number of aromatic nitrogens is 1. The zero-order valence-corrected chi connectivity index (χ0v) is 15.2. The standard InChI is InChI=1S/C21H31NO2/c1-15(2)19-9-8-16(3)12-21(19)24-14-18(23)13-22-11-10-17-6-4-5-7-20(17)22/h4-7,10-11,15-16,18-19,21,23H,8-9,12-14H2,1-3H3. The second kappa shape index (κ2) is 7.71. The number of hydrogen-bond acceptors (Lipinski definition) is 2. The maximum atomic E-state index is 10.5. The van der Waals surface area contributed by atoms with Gasteiger partial charge in [-0.3, -0.25) is 0 Å². The first-order valence-electron chi connectivity index (χ1n) is 9.38. The van der Waals surface area contributed by atoms with E-state index in [1.165, 1.54) is 23.7 Å². The van der Waals surface area contributed by atoms with Gasteiger partial charge >= 0.3 is 0 Å². The van der Waals surface area contributed by atoms with E-state index in [0.29, 0.717) is 31.1 Å². The van der Waals surface area contributed by atoms with Crippen LogP contribution in [0.5, 0.6) is 0 Å². The topological polar surface area (TPSA) is 34.4 Å². The van der Waals surface area contributed by atoms with E-state index in [-0.39, 0.29) is 0 Å². The molecule has 4 atom stereocenters. The third-order valence-corrected chi connectivity index (χ3v) is 5.55. The maximum absolute atomic E-state index is 10.5. The molecule has 1 saturated carbocycles. The minimum absolute atomic E-state index is 0.296. The van der Waals surface area contributed by atoms with Crippen LogP contribution in [0, 0.1) is 17.8 Å². The summed E-state index contributed by atoms with van der Waals surface area (Å²) >= 11 is 0. The Bertz CT molecular complexity index is 648. The van der Waals surface area contributed by atoms with Crippen molar-refractivity contribution in [3.05, 3.63) is 36.5 Å². The van der Waals surface area contributed by atoms with E-state index in [1.807, 2.05) is 18.3 Å². The van der Waals surface area contributed by atoms with Crippen LogP contribution in [0.2, 0.25) is 0 Å². The van der Waals surface area contributed by atoms with Crippen LogP contribution in [0.3, 0.4) is 0 Å². The Morgan fingerprint density at radius 2 is 2.00 bits per heavy atom. The van der Waals surface area contributed by atoms with Crippen LogP contribution < -0.4 is 0 Å². The summed E-state index contributed by atoms with van der Waals surface area (Å²) in [6.45, 7) is 7.91. The van der Waals surface area contributed by atoms with Crippen LogP contribution in [-0.2, 0) is 11.3 Å². The summed E-state index contributed by atoms with van der Waals surface area (Å²) in [6.07, 6.45) is 5.56. The Labute approximate surface area is 145 Å². The van der Waals surface area contributed by atoms with Crippen molar-refractivity contribution in [3.8, 4) is 0 Å². The average Bonchev–Trinajstić information content (AvgIpc) is 2.96. The second-order valence-corrected chi connectivity index (χ2v) is 7.88. The molecule has 0 amide bonds. The Morgan fingerprint density at radius 1 is 1.21 bits per heavy atom. The Balaban J connectivity index is 1.57. The number of para-hydroxylation sites is 1. The first-order valence-corrected chi connectivity index (χ1v) is 9.38. The van der Waals surface area contributed by atoms with E-state index in [9.17, 15) is 5.11 Å². The molecule has 24 heavy (non-hydrogen) atoms. The molecule has 1 aliphatic carbocycles. The fraction of sp³-hybridized carbons (Fsp3) is 0.619. The van der Waals surface area contributed by atoms with Crippen molar-refractivity contribution in [2.75, 3.05) is 6.61 Å². The van der Waals surface area contributed by atoms with Gasteiger partial charge in [0.25, 0.3) is 0 Å². The predicted molar refractivity (Wildman–Crippen MR) is 99.0 cm³/mol. The maximum Gasteiger partial charge on any atom is 0.0952 e. The van der Waals surface area contributed by atoms with Gasteiger partial charge in [0.2, 0.25) is 0 Å². The summed E-state index contributed by atoms with van der Waals surface area (Å²) in [5, 5.41) is 11.7. The summed E-state index contributed by atoms with van der Waals surface area (Å²) < 4.78 is 8.30. The lowest BCUT2D eigenvalue weighted by Gasteiger charge is -2.37. The van der Waals surface area contributed by atoms with Gasteiger partial charge in [0.05, 0.1) is 25.4 Å². The van der Waals surface area contributed by atoms with Gasteiger partial charge < -0.3 is 14.4 Å². The highest BCUT2D eigenvalue weighted by molar-refractivity contribution is 5.79. The lowest BCUT2D eigenvalue weighted by molar-refractivity contribution is -0.0714. The molecule has 0 radical (unpaired) electrons. The number of nitrogens with zero attached hydrogens (tertiary/aromatic N) is 1. The minimum atomic E-state index is -0.467. The monoisotopic (exact) mass is 329 g/mol. The van der Waals surface area contributed by atoms with Crippen LogP contribution >= 0.6 is 0 Å². The van der Waals surface area contributed by atoms with E-state index in [2.05, 4.69) is 43.5 Å². The minimum Gasteiger partial charge on any atom is -0.389 e. The summed E-state index contributed by atoms with van der Waals surface area (Å²) in [5.41, 5.74) is 1.17. The van der Waals surface area contributed by atoms with Crippen LogP contribution in [0.15, 0.2) is 36.5 Å². The molecular formula is C21H31NO2. The van der Waals surface area contributed by atoms with Gasteiger partial charge in [-0.15, -0.1) is 0 Å². The van der Waals surface area contributed by atoms with Crippen molar-refractivity contribution in [1.82, 2.24) is 4.57 Å². The number of fused-ring (bicyclic) bond motifs is 1. The van der Waals surface area contributed by atoms with E-state index >= 15 is 0 Å². The molecule has 0 bridgehead atoms. The first-order chi connectivity index (χ1) is 11.5. The first kappa shape index (κ1) is 17.5. The van der Waals surface area contributed by atoms with Gasteiger partial charge in [-0.25, -0.2) is 0 Å². The second-order valence-electron chi connectivity index (χ2n) is 7.88. The zero-order valence-electron chi connectivity index (χ0n) is 15.2. The van der Waals surface area contributed by atoms with Crippen LogP contribution in [-0.4, -0.2) is 28.5 Å². The van der Waals surface area contributed by atoms with Crippen molar-refractivity contribution in [3.63, 3.8) is 0 Å². The third-order valence-electron chi connectivity index (χ3n) is 5.55. The molecule has 1 N–H and O–H groups in total. The van der Waals surface area contributed by atoms with Crippen molar-refractivity contribution >= 4 is 10.9 Å². The quantitative estimate of drug-likeness (QED) is 0.848. The van der Waals surface area contributed by atoms with Gasteiger partial charge in [-0.05, 0) is 48.1 Å². The Hall–Kier alpha value is -1.32. The van der Waals surface area contributed by atoms with Crippen LogP contribution in [0.4, 0.5) is 0 Å². The van der Waals surface area contributed by atoms with Crippen molar-refractivity contribution < 1.29 is 9.84 Å². The van der Waals surface area contributed by atoms with Crippen LogP contribution in [0.1, 0.15) is 40.0 Å². The molecule has 132 valence electrons. The van der Waals surface area contributed by atoms with Gasteiger partial charge in [-0.2, -0.15) is 0 Å². The molecule has 1 heterocycles. The third kappa shape index (κ3) is 4.01. The van der Waals surface area contributed by atoms with E-state index in [0.717, 1.165) is 12.3 Å². The molecule has 3 rings (SSSR count). The van der Waals surface area contributed by atoms with Gasteiger partial charge in [0, 0.05) is 11.7 Å². The highest BCUT2D eigenvalue weighted by Crippen LogP contribution is 2.35. The van der Waals surface area contributed by atoms with Crippen molar-refractivity contribution in [1.29, 1.82) is 0 Å². The smallest absolute Gasteiger partial charge is 0.0952 e. The lowest BCUT2D eigenvalue weighted by Crippen LogP contribution is -2.36. The fourth-order valence-electron chi connectivity index (χ4n) is 4.12. The average molecular weight is 329 g/mol. The molecule has 3 nitrogen and oxygen atoms in total. The highest BCUT2D eigenvalue weighted by Gasteiger charge is 2.31. The molecule has 1 aliphatic rings. The van der Waals surface area contributed by atoms with E-state index in [4.69, 9.17) is 4.74 Å². The molecule has 0 aliphatic heterocycles. The lowest BCUT2D eigenvalue weighted by atomic mass is 9.75. The summed E-state index contributed by atoms with van der Waals surface area (Å²) in [4.78, 5) is 0. The molecule has 0 spiro atoms. The van der Waals surface area contributed by atoms with Crippen LogP contribution in [0.25, 0.3) is 10.9 Å². The van der Waals surface area contributed by atoms with Gasteiger partial charge in [0.1, 0.15) is 0 Å². The SMILES string of the molecule is CC1CCC(C(C)C)C(OCC(O)Cn2ccc3ccccc32)C1. The molecule has 1 aromatic carbocycles. The van der Waals surface area contributed by atoms with E-state index < -0.39 is 6.10 Å².